The number of rotatable bonds is 6. The Labute approximate surface area is 162 Å². The molecule has 1 saturated heterocycles. The number of aliphatic imine (C=N–C) groups is 1. The molecule has 2 N–H and O–H groups in total. The highest BCUT2D eigenvalue weighted by atomic mass is 127. The van der Waals surface area contributed by atoms with Crippen molar-refractivity contribution in [2.75, 3.05) is 32.7 Å². The van der Waals surface area contributed by atoms with Crippen LogP contribution in [0.5, 0.6) is 0 Å². The van der Waals surface area contributed by atoms with E-state index < -0.39 is 0 Å². The largest absolute Gasteiger partial charge is 0.357 e. The van der Waals surface area contributed by atoms with Gasteiger partial charge in [-0.15, -0.1) is 24.0 Å². The van der Waals surface area contributed by atoms with E-state index in [0.717, 1.165) is 38.4 Å². The summed E-state index contributed by atoms with van der Waals surface area (Å²) in [5.74, 6) is 1.37. The van der Waals surface area contributed by atoms with Gasteiger partial charge in [0, 0.05) is 32.1 Å². The fourth-order valence-corrected chi connectivity index (χ4v) is 2.84. The van der Waals surface area contributed by atoms with Gasteiger partial charge in [-0.05, 0) is 25.3 Å². The number of likely N-dealkylation sites (tertiary alicyclic amines) is 1. The molecule has 1 aliphatic heterocycles. The molecule has 0 aromatic heterocycles. The molecule has 0 spiro atoms. The number of nitrogens with zero attached hydrogens (tertiary/aromatic N) is 2. The lowest BCUT2D eigenvalue weighted by Gasteiger charge is -2.21. The first-order valence-electron chi connectivity index (χ1n) is 8.59. The van der Waals surface area contributed by atoms with Gasteiger partial charge >= 0.3 is 0 Å². The van der Waals surface area contributed by atoms with Crippen molar-refractivity contribution in [2.45, 2.75) is 32.6 Å². The van der Waals surface area contributed by atoms with Crippen LogP contribution in [0.2, 0.25) is 0 Å². The van der Waals surface area contributed by atoms with Crippen LogP contribution in [-0.4, -0.2) is 49.5 Å². The van der Waals surface area contributed by atoms with Crippen LogP contribution in [0.15, 0.2) is 35.3 Å². The van der Waals surface area contributed by atoms with Gasteiger partial charge in [-0.2, -0.15) is 0 Å². The Morgan fingerprint density at radius 2 is 2.00 bits per heavy atom. The Morgan fingerprint density at radius 3 is 2.67 bits per heavy atom. The molecular formula is C18H29IN4O. The first-order chi connectivity index (χ1) is 11.2. The third kappa shape index (κ3) is 6.30. The van der Waals surface area contributed by atoms with Gasteiger partial charge in [0.25, 0.3) is 0 Å². The zero-order valence-electron chi connectivity index (χ0n) is 14.6. The molecule has 1 heterocycles. The number of hydrogen-bond donors (Lipinski definition) is 2. The van der Waals surface area contributed by atoms with Crippen molar-refractivity contribution < 1.29 is 4.79 Å². The molecule has 5 nitrogen and oxygen atoms in total. The summed E-state index contributed by atoms with van der Waals surface area (Å²) in [4.78, 5) is 18.5. The van der Waals surface area contributed by atoms with Crippen molar-refractivity contribution in [1.82, 2.24) is 15.5 Å². The Bertz CT molecular complexity index is 521. The normalized spacial score (nSPS) is 17.3. The van der Waals surface area contributed by atoms with Crippen molar-refractivity contribution in [2.24, 2.45) is 4.99 Å². The van der Waals surface area contributed by atoms with Gasteiger partial charge in [0.1, 0.15) is 6.54 Å². The molecule has 0 aliphatic carbocycles. The highest BCUT2D eigenvalue weighted by Crippen LogP contribution is 2.26. The lowest BCUT2D eigenvalue weighted by atomic mass is 9.99. The average molecular weight is 444 g/mol. The minimum atomic E-state index is -0.0129. The lowest BCUT2D eigenvalue weighted by molar-refractivity contribution is -0.119. The Balaban J connectivity index is 0.00000288. The summed E-state index contributed by atoms with van der Waals surface area (Å²) >= 11 is 0. The maximum atomic E-state index is 11.7. The topological polar surface area (TPSA) is 56.7 Å². The van der Waals surface area contributed by atoms with E-state index in [-0.39, 0.29) is 36.4 Å². The average Bonchev–Trinajstić information content (AvgIpc) is 3.07. The van der Waals surface area contributed by atoms with Crippen LogP contribution in [-0.2, 0) is 4.79 Å². The molecule has 134 valence electrons. The molecule has 1 amide bonds. The summed E-state index contributed by atoms with van der Waals surface area (Å²) in [6.07, 6.45) is 2.07. The molecule has 1 aliphatic rings. The van der Waals surface area contributed by atoms with Gasteiger partial charge in [0.2, 0.25) is 5.91 Å². The van der Waals surface area contributed by atoms with Crippen LogP contribution in [0.25, 0.3) is 0 Å². The number of carbonyl (C=O) groups excluding carboxylic acids is 1. The second-order valence-electron chi connectivity index (χ2n) is 5.86. The standard InChI is InChI=1S/C18H28N4O.HI/c1-3-11-20-17(23)13-21-18(19-4-2)22-12-10-16(14-22)15-8-6-5-7-9-15;/h5-9,16H,3-4,10-14H2,1-2H3,(H,19,21)(H,20,23);1H. The second-order valence-corrected chi connectivity index (χ2v) is 5.86. The molecule has 0 radical (unpaired) electrons. The second kappa shape index (κ2) is 11.3. The van der Waals surface area contributed by atoms with E-state index in [9.17, 15) is 4.79 Å². The molecule has 2 rings (SSSR count). The first kappa shape index (κ1) is 20.7. The van der Waals surface area contributed by atoms with Crippen molar-refractivity contribution in [3.05, 3.63) is 35.9 Å². The van der Waals surface area contributed by atoms with E-state index in [0.29, 0.717) is 12.5 Å². The molecule has 1 unspecified atom stereocenters. The third-order valence-electron chi connectivity index (χ3n) is 4.04. The summed E-state index contributed by atoms with van der Waals surface area (Å²) in [5.41, 5.74) is 1.38. The number of halogens is 1. The molecular weight excluding hydrogens is 415 g/mol. The van der Waals surface area contributed by atoms with Crippen molar-refractivity contribution >= 4 is 35.8 Å². The molecule has 1 aromatic carbocycles. The summed E-state index contributed by atoms with van der Waals surface area (Å²) in [5, 5.41) is 6.17. The summed E-state index contributed by atoms with van der Waals surface area (Å²) < 4.78 is 0. The number of benzene rings is 1. The van der Waals surface area contributed by atoms with Crippen LogP contribution in [0.3, 0.4) is 0 Å². The number of amides is 1. The van der Waals surface area contributed by atoms with Gasteiger partial charge in [0.15, 0.2) is 5.96 Å². The van der Waals surface area contributed by atoms with E-state index in [1.165, 1.54) is 5.56 Å². The van der Waals surface area contributed by atoms with Gasteiger partial charge in [0.05, 0.1) is 0 Å². The van der Waals surface area contributed by atoms with Crippen molar-refractivity contribution in [3.63, 3.8) is 0 Å². The van der Waals surface area contributed by atoms with E-state index in [4.69, 9.17) is 0 Å². The van der Waals surface area contributed by atoms with E-state index >= 15 is 0 Å². The monoisotopic (exact) mass is 444 g/mol. The summed E-state index contributed by atoms with van der Waals surface area (Å²) in [6, 6.07) is 10.6. The van der Waals surface area contributed by atoms with Gasteiger partial charge in [-0.25, -0.2) is 4.99 Å². The SMILES string of the molecule is CCCNC(=O)CN=C(NCC)N1CCC(c2ccccc2)C1.I. The number of guanidine groups is 1. The van der Waals surface area contributed by atoms with E-state index in [1.807, 2.05) is 6.92 Å². The van der Waals surface area contributed by atoms with Gasteiger partial charge in [-0.1, -0.05) is 37.3 Å². The lowest BCUT2D eigenvalue weighted by Crippen LogP contribution is -2.41. The quantitative estimate of drug-likeness (QED) is 0.403. The van der Waals surface area contributed by atoms with Gasteiger partial charge in [-0.3, -0.25) is 4.79 Å². The molecule has 0 saturated carbocycles. The van der Waals surface area contributed by atoms with Crippen LogP contribution in [0, 0.1) is 0 Å². The minimum Gasteiger partial charge on any atom is -0.357 e. The highest BCUT2D eigenvalue weighted by molar-refractivity contribution is 14.0. The van der Waals surface area contributed by atoms with Crippen molar-refractivity contribution in [3.8, 4) is 0 Å². The number of nitrogens with one attached hydrogen (secondary N) is 2. The zero-order valence-corrected chi connectivity index (χ0v) is 17.0. The molecule has 1 atom stereocenters. The fraction of sp³-hybridized carbons (Fsp3) is 0.556. The minimum absolute atomic E-state index is 0. The van der Waals surface area contributed by atoms with Crippen LogP contribution in [0.1, 0.15) is 38.2 Å². The number of hydrogen-bond acceptors (Lipinski definition) is 2. The van der Waals surface area contributed by atoms with Crippen LogP contribution >= 0.6 is 24.0 Å². The third-order valence-corrected chi connectivity index (χ3v) is 4.04. The van der Waals surface area contributed by atoms with E-state index in [1.54, 1.807) is 0 Å². The predicted molar refractivity (Wildman–Crippen MR) is 110 cm³/mol. The molecule has 24 heavy (non-hydrogen) atoms. The smallest absolute Gasteiger partial charge is 0.241 e. The Kier molecular flexibility index (Phi) is 9.75. The maximum Gasteiger partial charge on any atom is 0.241 e. The number of carbonyl (C=O) groups is 1. The molecule has 1 fully saturated rings. The van der Waals surface area contributed by atoms with Crippen molar-refractivity contribution in [1.29, 1.82) is 0 Å². The molecule has 0 bridgehead atoms. The van der Waals surface area contributed by atoms with E-state index in [2.05, 4.69) is 57.8 Å². The molecule has 6 heteroatoms. The van der Waals surface area contributed by atoms with Gasteiger partial charge < -0.3 is 15.5 Å². The highest BCUT2D eigenvalue weighted by Gasteiger charge is 2.25. The Hall–Kier alpha value is -1.31. The molecule has 1 aromatic rings. The maximum absolute atomic E-state index is 11.7. The summed E-state index contributed by atoms with van der Waals surface area (Å²) in [7, 11) is 0. The van der Waals surface area contributed by atoms with Crippen LogP contribution < -0.4 is 10.6 Å². The predicted octanol–water partition coefficient (Wildman–Crippen LogP) is 2.59. The van der Waals surface area contributed by atoms with Crippen LogP contribution in [0.4, 0.5) is 0 Å². The zero-order chi connectivity index (χ0) is 16.5. The summed E-state index contributed by atoms with van der Waals surface area (Å²) in [6.45, 7) is 7.73. The first-order valence-corrected chi connectivity index (χ1v) is 8.59. The Morgan fingerprint density at radius 1 is 1.25 bits per heavy atom. The fourth-order valence-electron chi connectivity index (χ4n) is 2.84.